The molecule has 30 atom stereocenters. The molecule has 5 aromatic rings. The Balaban J connectivity index is 1.05. The van der Waals surface area contributed by atoms with Crippen molar-refractivity contribution >= 4 is 0 Å². The molecule has 0 unspecified atom stereocenters. The van der Waals surface area contributed by atoms with Gasteiger partial charge in [-0.15, -0.1) is 0 Å². The van der Waals surface area contributed by atoms with Gasteiger partial charge in [-0.25, -0.2) is 0 Å². The molecule has 19 fully saturated rings. The van der Waals surface area contributed by atoms with E-state index in [0.29, 0.717) is 56.4 Å². The van der Waals surface area contributed by atoms with Crippen molar-refractivity contribution < 1.29 is 161 Å². The van der Waals surface area contributed by atoms with E-state index >= 15 is 0 Å². The van der Waals surface area contributed by atoms with Crippen LogP contribution in [-0.2, 0) is 153 Å². The van der Waals surface area contributed by atoms with Gasteiger partial charge in [-0.05, 0) is 88.0 Å². The average molecular weight is 1720 g/mol. The summed E-state index contributed by atoms with van der Waals surface area (Å²) in [5.41, 5.74) is 0.597. The van der Waals surface area contributed by atoms with Gasteiger partial charge in [0, 0.05) is 114 Å². The Morgan fingerprint density at radius 2 is 0.434 bits per heavy atom. The van der Waals surface area contributed by atoms with Crippen LogP contribution in [0.3, 0.4) is 0 Å². The van der Waals surface area contributed by atoms with Gasteiger partial charge in [0.05, 0.1) is 68.1 Å². The third-order valence-corrected chi connectivity index (χ3v) is 24.5. The number of benzene rings is 5. The van der Waals surface area contributed by atoms with Gasteiger partial charge in [0.2, 0.25) is 0 Å². The lowest BCUT2D eigenvalue weighted by Gasteiger charge is -2.53. The molecule has 34 heteroatoms. The Morgan fingerprint density at radius 1 is 0.230 bits per heavy atom. The molecule has 0 N–H and O–H groups in total. The minimum absolute atomic E-state index is 0.0564. The molecule has 678 valence electrons. The van der Waals surface area contributed by atoms with Crippen LogP contribution in [0.1, 0.15) is 33.4 Å². The summed E-state index contributed by atoms with van der Waals surface area (Å²) in [6, 6.07) is 38.8. The van der Waals surface area contributed by atoms with Crippen LogP contribution in [-0.4, -0.2) is 366 Å². The largest absolute Gasteiger partial charge is 0.497 e. The summed E-state index contributed by atoms with van der Waals surface area (Å²) >= 11 is 0. The molecule has 5 aromatic carbocycles. The predicted octanol–water partition coefficient (Wildman–Crippen LogP) is 5.79. The van der Waals surface area contributed by atoms with E-state index in [0.717, 1.165) is 0 Å². The highest BCUT2D eigenvalue weighted by Gasteiger charge is 2.63. The summed E-state index contributed by atoms with van der Waals surface area (Å²) in [5.74, 6) is 2.32. The van der Waals surface area contributed by atoms with Gasteiger partial charge in [0.25, 0.3) is 0 Å². The Kier molecular flexibility index (Phi) is 33.2. The van der Waals surface area contributed by atoms with Crippen LogP contribution in [0.2, 0.25) is 0 Å². The molecule has 16 bridgehead atoms. The highest BCUT2D eigenvalue weighted by Crippen LogP contribution is 2.50. The zero-order valence-electron chi connectivity index (χ0n) is 73.0. The first kappa shape index (κ1) is 93.7. The Bertz CT molecular complexity index is 3840. The molecule has 0 aromatic heterocycles. The van der Waals surface area contributed by atoms with E-state index in [4.69, 9.17) is 161 Å². The van der Waals surface area contributed by atoms with Gasteiger partial charge < -0.3 is 161 Å². The molecule has 34 nitrogen and oxygen atoms in total. The number of ether oxygens (including phenoxy) is 34. The van der Waals surface area contributed by atoms with Crippen LogP contribution in [0.25, 0.3) is 0 Å². The van der Waals surface area contributed by atoms with E-state index < -0.39 is 195 Å². The second kappa shape index (κ2) is 43.3. The number of hydrogen-bond donors (Lipinski definition) is 0. The third kappa shape index (κ3) is 18.6. The molecular formula is C88H122O34. The fraction of sp³-hybridized carbons (Fsp3) is 0.659. The van der Waals surface area contributed by atoms with Crippen molar-refractivity contribution in [3.05, 3.63) is 155 Å². The summed E-state index contributed by atoms with van der Waals surface area (Å²) < 4.78 is 230. The lowest BCUT2D eigenvalue weighted by molar-refractivity contribution is -0.410. The van der Waals surface area contributed by atoms with Crippen LogP contribution in [0.15, 0.2) is 121 Å². The first-order chi connectivity index (χ1) is 59.5. The lowest BCUT2D eigenvalue weighted by atomic mass is 9.75. The van der Waals surface area contributed by atoms with Crippen LogP contribution in [0.4, 0.5) is 0 Å². The van der Waals surface area contributed by atoms with Crippen molar-refractivity contribution in [2.75, 3.05) is 182 Å². The molecule has 19 saturated heterocycles. The van der Waals surface area contributed by atoms with Gasteiger partial charge in [-0.1, -0.05) is 66.7 Å². The molecule has 0 radical (unpaired) electrons. The van der Waals surface area contributed by atoms with Crippen LogP contribution >= 0.6 is 0 Å². The van der Waals surface area contributed by atoms with E-state index in [9.17, 15) is 0 Å². The maximum atomic E-state index is 8.06. The number of fused-ring (bicyclic) bond motifs is 2. The van der Waals surface area contributed by atoms with Crippen molar-refractivity contribution in [3.63, 3.8) is 0 Å². The summed E-state index contributed by atoms with van der Waals surface area (Å²) in [5, 5.41) is 0. The molecule has 0 spiro atoms. The van der Waals surface area contributed by atoms with E-state index in [2.05, 4.69) is 6.07 Å². The summed E-state index contributed by atoms with van der Waals surface area (Å²) in [6.07, 6.45) is -34.4. The van der Waals surface area contributed by atoms with Crippen molar-refractivity contribution in [3.8, 4) is 23.0 Å². The molecule has 20 heterocycles. The first-order valence-corrected chi connectivity index (χ1v) is 40.7. The van der Waals surface area contributed by atoms with Crippen LogP contribution < -0.4 is 18.9 Å². The van der Waals surface area contributed by atoms with Gasteiger partial charge in [0.1, 0.15) is 181 Å². The maximum absolute atomic E-state index is 8.06. The Morgan fingerprint density at radius 3 is 0.639 bits per heavy atom. The molecule has 20 aliphatic rings. The molecule has 20 aliphatic heterocycles. The third-order valence-electron chi connectivity index (χ3n) is 24.5. The van der Waals surface area contributed by atoms with Gasteiger partial charge in [0.15, 0.2) is 37.7 Å². The second-order valence-corrected chi connectivity index (χ2v) is 30.6. The standard InChI is InChI=1S/C88H122O34/c1-89-41-57-63-69(97-9)76(104-16)82(112-57)119-65-59(43-91-3)114-84(78(106-18)71(65)99-11)121-67-61-45-109-87(47-24-32-53(93-5)33-25-47,48-26-34-54(94-6)35-27-48)51-22-21-23-52(40-51)88(49-28-36-55(95-7)37-29-49,50-30-38-56(96-8)39-31-50)110-46-62-68(122-86(116-61)80(108-20)73(67)101-13)74(102-14)79(107-19)85(115-62)120-66-60(44-92-4)113-83(77(105-17)72(66)100-12)118-64-58(42-90-2)111-81(117-63)75(103-15)70(64)98-10/h21-40,57-86H,41-46H2,1-20H3/t57-,58-,59-,60-,61-,62-,63-,64-,65-,66-,67-,68-,69+,70+,71+,72+,73+,74+,75-,76-,77-,78-,79-,80-,81-,82-,83-,84-,85-,86-/m1/s1. The molecular weight excluding hydrogens is 1600 g/mol. The van der Waals surface area contributed by atoms with Crippen molar-refractivity contribution in [2.45, 2.75) is 195 Å². The van der Waals surface area contributed by atoms with Crippen LogP contribution in [0.5, 0.6) is 23.0 Å². The Labute approximate surface area is 713 Å². The fourth-order valence-corrected chi connectivity index (χ4v) is 18.6. The highest BCUT2D eigenvalue weighted by atomic mass is 16.8. The average Bonchev–Trinajstić information content (AvgIpc) is 0.888. The van der Waals surface area contributed by atoms with E-state index in [-0.39, 0.29) is 39.6 Å². The smallest absolute Gasteiger partial charge is 0.187 e. The highest BCUT2D eigenvalue weighted by molar-refractivity contribution is 5.55. The van der Waals surface area contributed by atoms with E-state index in [1.165, 1.54) is 114 Å². The first-order valence-electron chi connectivity index (χ1n) is 40.7. The number of methoxy groups -OCH3 is 20. The van der Waals surface area contributed by atoms with Crippen LogP contribution in [0, 0.1) is 0 Å². The molecule has 0 aliphatic carbocycles. The SMILES string of the molecule is COC[C@H]1O[C@@H]2O[C@H]3[C@H](OC)[C@@H](OC)[C@@H](O[C@H]4[C@H](OC)[C@@H](OC)[C@H]5O[C@H]6[C@H](OC)[C@@H](OC)[C@@H](O[C@H]7[C@H](OC)[C@@H](OC)[C@@H](O[C@H]8[C@H](OC)[C@@H](OC)[C@@H](O[C@H]1[C@H](OC)[C@H]2OC)O[C@@H]8COC)O[C@@H]7COC)O[C@@H]6COC(c1ccc(OC)cc1)(c1ccc(OC)cc1)c1cccc(c1)C(c1ccc(OC)cc1)(c1ccc(OC)cc1)OC[C@H]4O5)O[C@@H]3COC. The minimum Gasteiger partial charge on any atom is -0.497 e. The summed E-state index contributed by atoms with van der Waals surface area (Å²) in [7, 11) is 30.8. The van der Waals surface area contributed by atoms with E-state index in [1.807, 2.05) is 115 Å². The number of rotatable bonds is 28. The lowest BCUT2D eigenvalue weighted by Crippen LogP contribution is -2.70. The topological polar surface area (TPSA) is 314 Å². The minimum atomic E-state index is -1.63. The Hall–Kier alpha value is -5.90. The normalized spacial score (nSPS) is 36.8. The zero-order chi connectivity index (χ0) is 86.5. The quantitative estimate of drug-likeness (QED) is 0.0572. The van der Waals surface area contributed by atoms with Gasteiger partial charge in [-0.3, -0.25) is 0 Å². The fourth-order valence-electron chi connectivity index (χ4n) is 18.6. The molecule has 25 rings (SSSR count). The summed E-state index contributed by atoms with van der Waals surface area (Å²) in [6.45, 7) is -0.951. The molecule has 122 heavy (non-hydrogen) atoms. The van der Waals surface area contributed by atoms with Gasteiger partial charge >= 0.3 is 0 Å². The zero-order valence-corrected chi connectivity index (χ0v) is 73.0. The monoisotopic (exact) mass is 1720 g/mol. The number of hydrogen-bond acceptors (Lipinski definition) is 34. The van der Waals surface area contributed by atoms with Crippen molar-refractivity contribution in [1.82, 2.24) is 0 Å². The molecule has 0 amide bonds. The summed E-state index contributed by atoms with van der Waals surface area (Å²) in [4.78, 5) is 0. The predicted molar refractivity (Wildman–Crippen MR) is 428 cm³/mol. The second-order valence-electron chi connectivity index (χ2n) is 30.6. The van der Waals surface area contributed by atoms with Crippen molar-refractivity contribution in [1.29, 1.82) is 0 Å². The maximum Gasteiger partial charge on any atom is 0.187 e. The molecule has 0 saturated carbocycles. The van der Waals surface area contributed by atoms with Crippen molar-refractivity contribution in [2.24, 2.45) is 0 Å². The van der Waals surface area contributed by atoms with E-state index in [1.54, 1.807) is 28.4 Å². The van der Waals surface area contributed by atoms with Gasteiger partial charge in [-0.2, -0.15) is 0 Å².